The van der Waals surface area contributed by atoms with E-state index in [4.69, 9.17) is 0 Å². The molecule has 1 atom stereocenters. The number of carbonyl (C=O) groups is 2. The maximum Gasteiger partial charge on any atom is 0.249 e. The third-order valence-corrected chi connectivity index (χ3v) is 6.83. The molecular formula is C29H30FN7O2. The molecule has 1 fully saturated rings. The van der Waals surface area contributed by atoms with Gasteiger partial charge in [0.2, 0.25) is 17.6 Å². The molecule has 39 heavy (non-hydrogen) atoms. The molecule has 0 bridgehead atoms. The number of aromatic nitrogens is 5. The fourth-order valence-electron chi connectivity index (χ4n) is 4.84. The third-order valence-electron chi connectivity index (χ3n) is 6.83. The number of amides is 2. The summed E-state index contributed by atoms with van der Waals surface area (Å²) in [5.41, 5.74) is 1.89. The van der Waals surface area contributed by atoms with Crippen molar-refractivity contribution in [3.63, 3.8) is 0 Å². The van der Waals surface area contributed by atoms with Gasteiger partial charge in [-0.25, -0.2) is 4.39 Å². The van der Waals surface area contributed by atoms with Crippen molar-refractivity contribution >= 4 is 11.8 Å². The lowest BCUT2D eigenvalue weighted by Gasteiger charge is -2.32. The number of rotatable bonds is 9. The molecule has 0 radical (unpaired) electrons. The molecule has 10 heteroatoms. The van der Waals surface area contributed by atoms with Crippen molar-refractivity contribution in [2.45, 2.75) is 57.3 Å². The molecular weight excluding hydrogens is 497 g/mol. The minimum Gasteiger partial charge on any atom is -0.351 e. The van der Waals surface area contributed by atoms with Crippen LogP contribution in [0.3, 0.4) is 0 Å². The van der Waals surface area contributed by atoms with E-state index in [0.717, 1.165) is 37.7 Å². The van der Waals surface area contributed by atoms with E-state index in [9.17, 15) is 14.0 Å². The summed E-state index contributed by atoms with van der Waals surface area (Å²) in [5.74, 6) is -0.684. The maximum absolute atomic E-state index is 13.9. The lowest BCUT2D eigenvalue weighted by Crippen LogP contribution is -2.48. The van der Waals surface area contributed by atoms with Crippen molar-refractivity contribution in [3.05, 3.63) is 96.1 Å². The number of nitrogens with zero attached hydrogens (tertiary/aromatic N) is 6. The van der Waals surface area contributed by atoms with Crippen LogP contribution in [0.1, 0.15) is 49.4 Å². The Morgan fingerprint density at radius 1 is 0.974 bits per heavy atom. The second-order valence-corrected chi connectivity index (χ2v) is 9.66. The van der Waals surface area contributed by atoms with Gasteiger partial charge in [-0.2, -0.15) is 4.80 Å². The standard InChI is InChI=1S/C29H30FN7O2/c30-23-16-14-21(15-17-23)19-36(26(38)20-37-34-28(33-35-37)22-9-3-1-4-10-22)27(25-13-7-8-18-31-25)29(39)32-24-11-5-2-6-12-24/h1,3-4,7-10,13-18,24,27H,2,5-6,11-12,19-20H2,(H,32,39)/t27-/m0/s1. The molecule has 0 saturated heterocycles. The quantitative estimate of drug-likeness (QED) is 0.351. The fraction of sp³-hybridized carbons (Fsp3) is 0.310. The fourth-order valence-corrected chi connectivity index (χ4v) is 4.84. The van der Waals surface area contributed by atoms with Gasteiger partial charge >= 0.3 is 0 Å². The van der Waals surface area contributed by atoms with E-state index in [-0.39, 0.29) is 30.9 Å². The normalized spacial score (nSPS) is 14.5. The number of pyridine rings is 1. The Bertz CT molecular complexity index is 1370. The summed E-state index contributed by atoms with van der Waals surface area (Å²) in [4.78, 5) is 34.8. The zero-order valence-corrected chi connectivity index (χ0v) is 21.5. The first-order chi connectivity index (χ1) is 19.1. The van der Waals surface area contributed by atoms with E-state index in [1.807, 2.05) is 30.3 Å². The summed E-state index contributed by atoms with van der Waals surface area (Å²) in [6.07, 6.45) is 6.66. The maximum atomic E-state index is 13.9. The molecule has 1 aliphatic rings. The third kappa shape index (κ3) is 6.70. The molecule has 0 aliphatic heterocycles. The number of tetrazole rings is 1. The molecule has 0 spiro atoms. The molecule has 1 N–H and O–H groups in total. The van der Waals surface area contributed by atoms with Gasteiger partial charge in [-0.15, -0.1) is 10.2 Å². The van der Waals surface area contributed by atoms with Crippen LogP contribution in [0.2, 0.25) is 0 Å². The predicted octanol–water partition coefficient (Wildman–Crippen LogP) is 4.09. The van der Waals surface area contributed by atoms with Crippen LogP contribution in [-0.2, 0) is 22.7 Å². The zero-order valence-electron chi connectivity index (χ0n) is 21.5. The second-order valence-electron chi connectivity index (χ2n) is 9.66. The number of hydrogen-bond donors (Lipinski definition) is 1. The van der Waals surface area contributed by atoms with E-state index in [1.165, 1.54) is 21.8 Å². The van der Waals surface area contributed by atoms with Crippen molar-refractivity contribution in [2.75, 3.05) is 0 Å². The number of halogens is 1. The lowest BCUT2D eigenvalue weighted by molar-refractivity contribution is -0.143. The number of benzene rings is 2. The summed E-state index contributed by atoms with van der Waals surface area (Å²) >= 11 is 0. The van der Waals surface area contributed by atoms with Gasteiger partial charge in [0.1, 0.15) is 12.4 Å². The Kier molecular flexibility index (Phi) is 8.30. The molecule has 0 unspecified atom stereocenters. The zero-order chi connectivity index (χ0) is 27.0. The summed E-state index contributed by atoms with van der Waals surface area (Å²) < 4.78 is 13.6. The van der Waals surface area contributed by atoms with E-state index in [2.05, 4.69) is 25.7 Å². The first-order valence-electron chi connectivity index (χ1n) is 13.2. The number of carbonyl (C=O) groups excluding carboxylic acids is 2. The van der Waals surface area contributed by atoms with E-state index >= 15 is 0 Å². The Labute approximate surface area is 226 Å². The highest BCUT2D eigenvalue weighted by molar-refractivity contribution is 5.88. The topological polar surface area (TPSA) is 106 Å². The molecule has 2 aromatic carbocycles. The van der Waals surface area contributed by atoms with Gasteiger partial charge in [0.15, 0.2) is 6.04 Å². The Hall–Kier alpha value is -4.47. The SMILES string of the molecule is O=C(NC1CCCCC1)[C@H](c1ccccn1)N(Cc1ccc(F)cc1)C(=O)Cn1nnc(-c2ccccc2)n1. The average molecular weight is 528 g/mol. The van der Waals surface area contributed by atoms with Gasteiger partial charge in [0.05, 0.1) is 5.69 Å². The van der Waals surface area contributed by atoms with Crippen molar-refractivity contribution in [3.8, 4) is 11.4 Å². The summed E-state index contributed by atoms with van der Waals surface area (Å²) in [6, 6.07) is 19.5. The summed E-state index contributed by atoms with van der Waals surface area (Å²) in [5, 5.41) is 15.7. The largest absolute Gasteiger partial charge is 0.351 e. The smallest absolute Gasteiger partial charge is 0.249 e. The van der Waals surface area contributed by atoms with Crippen LogP contribution in [0.15, 0.2) is 79.0 Å². The summed E-state index contributed by atoms with van der Waals surface area (Å²) in [7, 11) is 0. The monoisotopic (exact) mass is 527 g/mol. The van der Waals surface area contributed by atoms with Gasteiger partial charge in [0.25, 0.3) is 0 Å². The molecule has 4 aromatic rings. The van der Waals surface area contributed by atoms with Crippen molar-refractivity contribution in [1.29, 1.82) is 0 Å². The van der Waals surface area contributed by atoms with Crippen LogP contribution in [0.5, 0.6) is 0 Å². The van der Waals surface area contributed by atoms with Crippen LogP contribution >= 0.6 is 0 Å². The van der Waals surface area contributed by atoms with Gasteiger partial charge in [-0.05, 0) is 47.9 Å². The average Bonchev–Trinajstić information content (AvgIpc) is 3.44. The van der Waals surface area contributed by atoms with Gasteiger partial charge in [-0.3, -0.25) is 14.6 Å². The molecule has 2 amide bonds. The first kappa shape index (κ1) is 26.1. The highest BCUT2D eigenvalue weighted by Crippen LogP contribution is 2.25. The summed E-state index contributed by atoms with van der Waals surface area (Å²) in [6.45, 7) is -0.167. The van der Waals surface area contributed by atoms with Crippen LogP contribution in [0, 0.1) is 5.82 Å². The van der Waals surface area contributed by atoms with Crippen LogP contribution in [-0.4, -0.2) is 47.9 Å². The highest BCUT2D eigenvalue weighted by Gasteiger charge is 2.34. The Morgan fingerprint density at radius 3 is 2.44 bits per heavy atom. The second kappa shape index (κ2) is 12.4. The Morgan fingerprint density at radius 2 is 1.72 bits per heavy atom. The molecule has 2 aromatic heterocycles. The highest BCUT2D eigenvalue weighted by atomic mass is 19.1. The van der Waals surface area contributed by atoms with Crippen LogP contribution in [0.25, 0.3) is 11.4 Å². The van der Waals surface area contributed by atoms with E-state index < -0.39 is 11.9 Å². The van der Waals surface area contributed by atoms with Crippen LogP contribution < -0.4 is 5.32 Å². The van der Waals surface area contributed by atoms with Crippen molar-refractivity contribution < 1.29 is 14.0 Å². The molecule has 2 heterocycles. The molecule has 9 nitrogen and oxygen atoms in total. The van der Waals surface area contributed by atoms with Crippen molar-refractivity contribution in [1.82, 2.24) is 35.4 Å². The minimum atomic E-state index is -0.997. The van der Waals surface area contributed by atoms with Crippen molar-refractivity contribution in [2.24, 2.45) is 0 Å². The Balaban J connectivity index is 1.45. The van der Waals surface area contributed by atoms with Gasteiger partial charge in [-0.1, -0.05) is 67.8 Å². The molecule has 1 saturated carbocycles. The number of hydrogen-bond acceptors (Lipinski definition) is 6. The van der Waals surface area contributed by atoms with Gasteiger partial charge < -0.3 is 10.2 Å². The minimum absolute atomic E-state index is 0.0469. The molecule has 5 rings (SSSR count). The van der Waals surface area contributed by atoms with Gasteiger partial charge in [0, 0.05) is 24.3 Å². The van der Waals surface area contributed by atoms with E-state index in [1.54, 1.807) is 36.5 Å². The first-order valence-corrected chi connectivity index (χ1v) is 13.2. The van der Waals surface area contributed by atoms with Crippen LogP contribution in [0.4, 0.5) is 4.39 Å². The predicted molar refractivity (Wildman–Crippen MR) is 142 cm³/mol. The molecule has 1 aliphatic carbocycles. The lowest BCUT2D eigenvalue weighted by atomic mass is 9.95. The van der Waals surface area contributed by atoms with E-state index in [0.29, 0.717) is 17.1 Å². The molecule has 200 valence electrons. The number of nitrogens with one attached hydrogen (secondary N) is 1.